The number of rotatable bonds is 8. The summed E-state index contributed by atoms with van der Waals surface area (Å²) in [6.45, 7) is 14.6. The van der Waals surface area contributed by atoms with Crippen molar-refractivity contribution < 1.29 is 23.8 Å². The molecule has 166 valence electrons. The Balaban J connectivity index is 1.62. The average molecular weight is 440 g/mol. The highest BCUT2D eigenvalue weighted by Gasteiger charge is 2.07. The van der Waals surface area contributed by atoms with Crippen LogP contribution in [-0.4, -0.2) is 11.9 Å². The zero-order valence-electron chi connectivity index (χ0n) is 18.6. The second-order valence-electron chi connectivity index (χ2n) is 7.47. The van der Waals surface area contributed by atoms with Crippen LogP contribution in [-0.2, 0) is 9.59 Å². The van der Waals surface area contributed by atoms with Crippen LogP contribution < -0.4 is 14.2 Å². The number of carbonyl (C=O) groups excluding carboxylic acids is 2. The summed E-state index contributed by atoms with van der Waals surface area (Å²) in [5, 5.41) is 1.99. The van der Waals surface area contributed by atoms with E-state index in [0.717, 1.165) is 21.9 Å². The largest absolute Gasteiger partial charge is 0.458 e. The highest BCUT2D eigenvalue weighted by atomic mass is 16.5. The molecule has 3 aromatic carbocycles. The monoisotopic (exact) mass is 440 g/mol. The van der Waals surface area contributed by atoms with Gasteiger partial charge in [0.25, 0.3) is 0 Å². The Labute approximate surface area is 192 Å². The summed E-state index contributed by atoms with van der Waals surface area (Å²) in [6, 6.07) is 17.7. The van der Waals surface area contributed by atoms with Crippen molar-refractivity contribution in [2.45, 2.75) is 13.8 Å². The predicted molar refractivity (Wildman–Crippen MR) is 130 cm³/mol. The molecule has 0 atom stereocenters. The van der Waals surface area contributed by atoms with Crippen LogP contribution in [0.1, 0.15) is 19.4 Å². The highest BCUT2D eigenvalue weighted by molar-refractivity contribution is 5.91. The second kappa shape index (κ2) is 10.3. The molecule has 0 fully saturated rings. The predicted octanol–water partition coefficient (Wildman–Crippen LogP) is 6.41. The molecule has 0 aromatic heterocycles. The van der Waals surface area contributed by atoms with Gasteiger partial charge in [-0.2, -0.15) is 0 Å². The molecule has 0 saturated heterocycles. The Kier molecular flexibility index (Phi) is 7.26. The fraction of sp³-hybridized carbons (Fsp3) is 0.0714. The van der Waals surface area contributed by atoms with Crippen molar-refractivity contribution in [1.82, 2.24) is 0 Å². The van der Waals surface area contributed by atoms with E-state index in [2.05, 4.69) is 19.7 Å². The average Bonchev–Trinajstić information content (AvgIpc) is 2.78. The Bertz CT molecular complexity index is 1280. The van der Waals surface area contributed by atoms with E-state index in [1.54, 1.807) is 37.3 Å². The second-order valence-corrected chi connectivity index (χ2v) is 7.47. The van der Waals surface area contributed by atoms with E-state index in [1.807, 2.05) is 43.3 Å². The maximum Gasteiger partial charge on any atom is 0.338 e. The summed E-state index contributed by atoms with van der Waals surface area (Å²) in [7, 11) is 0. The zero-order valence-corrected chi connectivity index (χ0v) is 18.6. The number of benzene rings is 3. The topological polar surface area (TPSA) is 61.8 Å². The number of carbonyl (C=O) groups is 2. The van der Waals surface area contributed by atoms with Gasteiger partial charge >= 0.3 is 11.9 Å². The number of allylic oxidation sites excluding steroid dienone is 1. The molecule has 0 spiro atoms. The first-order valence-corrected chi connectivity index (χ1v) is 10.2. The molecule has 3 aromatic rings. The molecule has 0 aliphatic rings. The van der Waals surface area contributed by atoms with Crippen LogP contribution in [0.25, 0.3) is 16.8 Å². The van der Waals surface area contributed by atoms with Crippen LogP contribution >= 0.6 is 0 Å². The molecular formula is C28H24O5. The van der Waals surface area contributed by atoms with Crippen molar-refractivity contribution in [3.8, 4) is 17.2 Å². The van der Waals surface area contributed by atoms with Gasteiger partial charge in [0.1, 0.15) is 23.0 Å². The van der Waals surface area contributed by atoms with Crippen molar-refractivity contribution in [2.24, 2.45) is 0 Å². The zero-order chi connectivity index (χ0) is 24.0. The van der Waals surface area contributed by atoms with Gasteiger partial charge in [0, 0.05) is 11.6 Å². The first-order chi connectivity index (χ1) is 15.7. The Morgan fingerprint density at radius 1 is 0.697 bits per heavy atom. The maximum atomic E-state index is 12.2. The summed E-state index contributed by atoms with van der Waals surface area (Å²) >= 11 is 0. The van der Waals surface area contributed by atoms with Crippen LogP contribution in [0.4, 0.5) is 0 Å². The van der Waals surface area contributed by atoms with E-state index in [9.17, 15) is 9.59 Å². The van der Waals surface area contributed by atoms with Gasteiger partial charge in [-0.15, -0.1) is 0 Å². The number of ether oxygens (including phenoxy) is 3. The molecular weight excluding hydrogens is 416 g/mol. The first kappa shape index (κ1) is 23.3. The summed E-state index contributed by atoms with van der Waals surface area (Å²) in [6.07, 6.45) is 3.03. The van der Waals surface area contributed by atoms with Gasteiger partial charge in [0.2, 0.25) is 0 Å². The molecule has 33 heavy (non-hydrogen) atoms. The molecule has 5 nitrogen and oxygen atoms in total. The Morgan fingerprint density at radius 3 is 1.91 bits per heavy atom. The fourth-order valence-corrected chi connectivity index (χ4v) is 2.72. The van der Waals surface area contributed by atoms with Crippen molar-refractivity contribution in [3.63, 3.8) is 0 Å². The molecule has 0 saturated carbocycles. The molecule has 0 aliphatic heterocycles. The SMILES string of the molecule is C=C(C)C(=C)Oc1ccc2cc(/C=C/C(=O)Oc3ccc(OC(=O)C(=C)C)cc3)ccc2c1. The van der Waals surface area contributed by atoms with Crippen molar-refractivity contribution in [1.29, 1.82) is 0 Å². The minimum Gasteiger partial charge on any atom is -0.458 e. The van der Waals surface area contributed by atoms with Crippen LogP contribution in [0.3, 0.4) is 0 Å². The number of fused-ring (bicyclic) bond motifs is 1. The minimum absolute atomic E-state index is 0.298. The van der Waals surface area contributed by atoms with Crippen molar-refractivity contribution >= 4 is 28.8 Å². The number of hydrogen-bond acceptors (Lipinski definition) is 5. The van der Waals surface area contributed by atoms with Gasteiger partial charge in [-0.3, -0.25) is 0 Å². The van der Waals surface area contributed by atoms with Crippen LogP contribution in [0, 0.1) is 0 Å². The van der Waals surface area contributed by atoms with Gasteiger partial charge in [0.15, 0.2) is 0 Å². The first-order valence-electron chi connectivity index (χ1n) is 10.2. The Hall–Kier alpha value is -4.38. The molecule has 0 radical (unpaired) electrons. The lowest BCUT2D eigenvalue weighted by Gasteiger charge is -2.09. The maximum absolute atomic E-state index is 12.2. The van der Waals surface area contributed by atoms with Gasteiger partial charge in [0.05, 0.1) is 0 Å². The lowest BCUT2D eigenvalue weighted by atomic mass is 10.1. The van der Waals surface area contributed by atoms with Gasteiger partial charge in [-0.25, -0.2) is 9.59 Å². The van der Waals surface area contributed by atoms with Gasteiger partial charge < -0.3 is 14.2 Å². The van der Waals surface area contributed by atoms with E-state index >= 15 is 0 Å². The van der Waals surface area contributed by atoms with Crippen LogP contribution in [0.5, 0.6) is 17.2 Å². The molecule has 0 unspecified atom stereocenters. The molecule has 0 heterocycles. The smallest absolute Gasteiger partial charge is 0.338 e. The molecule has 5 heteroatoms. The molecule has 0 amide bonds. The minimum atomic E-state index is -0.524. The summed E-state index contributed by atoms with van der Waals surface area (Å²) in [5.41, 5.74) is 1.91. The van der Waals surface area contributed by atoms with Gasteiger partial charge in [-0.1, -0.05) is 37.9 Å². The summed E-state index contributed by atoms with van der Waals surface area (Å²) < 4.78 is 16.1. The van der Waals surface area contributed by atoms with E-state index in [1.165, 1.54) is 6.08 Å². The normalized spacial score (nSPS) is 10.6. The van der Waals surface area contributed by atoms with E-state index < -0.39 is 11.9 Å². The number of hydrogen-bond donors (Lipinski definition) is 0. The quantitative estimate of drug-likeness (QED) is 0.133. The van der Waals surface area contributed by atoms with E-state index in [-0.39, 0.29) is 0 Å². The van der Waals surface area contributed by atoms with Crippen molar-refractivity contribution in [2.75, 3.05) is 0 Å². The number of esters is 2. The van der Waals surface area contributed by atoms with E-state index in [0.29, 0.717) is 28.6 Å². The van der Waals surface area contributed by atoms with Gasteiger partial charge in [-0.05, 0) is 84.3 Å². The fourth-order valence-electron chi connectivity index (χ4n) is 2.72. The van der Waals surface area contributed by atoms with Crippen molar-refractivity contribution in [3.05, 3.63) is 109 Å². The standard InChI is InChI=1S/C28H24O5/c1-18(2)20(5)31-26-10-9-22-16-21(6-8-23(22)17-26)7-15-27(29)32-24-11-13-25(14-12-24)33-28(30)19(3)4/h6-17H,1,3,5H2,2,4H3/b15-7+. The third-order valence-corrected chi connectivity index (χ3v) is 4.57. The molecule has 0 bridgehead atoms. The highest BCUT2D eigenvalue weighted by Crippen LogP contribution is 2.25. The lowest BCUT2D eigenvalue weighted by molar-refractivity contribution is -0.130. The summed E-state index contributed by atoms with van der Waals surface area (Å²) in [5.74, 6) is 0.842. The molecule has 0 N–H and O–H groups in total. The third kappa shape index (κ3) is 6.55. The van der Waals surface area contributed by atoms with E-state index in [4.69, 9.17) is 14.2 Å². The van der Waals surface area contributed by atoms with Crippen LogP contribution in [0.15, 0.2) is 103 Å². The molecule has 3 rings (SSSR count). The van der Waals surface area contributed by atoms with Crippen LogP contribution in [0.2, 0.25) is 0 Å². The lowest BCUT2D eigenvalue weighted by Crippen LogP contribution is -2.08. The molecule has 0 aliphatic carbocycles. The third-order valence-electron chi connectivity index (χ3n) is 4.57. The Morgan fingerprint density at radius 2 is 1.27 bits per heavy atom. The summed E-state index contributed by atoms with van der Waals surface area (Å²) in [4.78, 5) is 23.7.